The topological polar surface area (TPSA) is 47.6 Å². The zero-order valence-electron chi connectivity index (χ0n) is 14.6. The highest BCUT2D eigenvalue weighted by molar-refractivity contribution is 5.92. The Balaban J connectivity index is 1.63. The highest BCUT2D eigenvalue weighted by atomic mass is 16.5. The van der Waals surface area contributed by atoms with E-state index in [-0.39, 0.29) is 18.1 Å². The fourth-order valence-corrected chi connectivity index (χ4v) is 2.86. The first-order valence-corrected chi connectivity index (χ1v) is 8.15. The van der Waals surface area contributed by atoms with E-state index in [4.69, 9.17) is 9.47 Å². The summed E-state index contributed by atoms with van der Waals surface area (Å²) in [6, 6.07) is 11.6. The lowest BCUT2D eigenvalue weighted by atomic mass is 10.0. The minimum Gasteiger partial charge on any atom is -0.483 e. The van der Waals surface area contributed by atoms with Gasteiger partial charge in [-0.15, -0.1) is 0 Å². The maximum absolute atomic E-state index is 12.1. The Bertz CT molecular complexity index is 780. The molecule has 24 heavy (non-hydrogen) atoms. The molecule has 0 spiro atoms. The number of hydrogen-bond acceptors (Lipinski definition) is 3. The molecule has 1 heterocycles. The minimum absolute atomic E-state index is 0.0484. The van der Waals surface area contributed by atoms with Crippen LogP contribution in [0.15, 0.2) is 36.4 Å². The van der Waals surface area contributed by atoms with Gasteiger partial charge in [0.15, 0.2) is 18.1 Å². The number of fused-ring (bicyclic) bond motifs is 1. The van der Waals surface area contributed by atoms with Gasteiger partial charge in [0.05, 0.1) is 0 Å². The molecule has 0 atom stereocenters. The Morgan fingerprint density at radius 1 is 1.21 bits per heavy atom. The van der Waals surface area contributed by atoms with Crippen LogP contribution in [0.4, 0.5) is 5.69 Å². The van der Waals surface area contributed by atoms with Crippen molar-refractivity contribution in [3.8, 4) is 11.5 Å². The fourth-order valence-electron chi connectivity index (χ4n) is 2.86. The largest absolute Gasteiger partial charge is 0.483 e. The summed E-state index contributed by atoms with van der Waals surface area (Å²) in [6.07, 6.45) is 0.842. The van der Waals surface area contributed by atoms with Gasteiger partial charge in [-0.25, -0.2) is 0 Å². The van der Waals surface area contributed by atoms with Gasteiger partial charge in [-0.2, -0.15) is 0 Å². The van der Waals surface area contributed by atoms with Crippen LogP contribution in [0.3, 0.4) is 0 Å². The van der Waals surface area contributed by atoms with E-state index in [1.54, 1.807) is 0 Å². The first-order chi connectivity index (χ1) is 11.3. The number of benzene rings is 2. The minimum atomic E-state index is -0.233. The third-order valence-electron chi connectivity index (χ3n) is 4.20. The molecule has 1 N–H and O–H groups in total. The van der Waals surface area contributed by atoms with Crippen LogP contribution in [-0.2, 0) is 11.2 Å². The summed E-state index contributed by atoms with van der Waals surface area (Å²) in [7, 11) is 0. The molecule has 0 unspecified atom stereocenters. The van der Waals surface area contributed by atoms with Crippen molar-refractivity contribution in [1.82, 2.24) is 0 Å². The lowest BCUT2D eigenvalue weighted by molar-refractivity contribution is -0.118. The second-order valence-corrected chi connectivity index (χ2v) is 6.92. The van der Waals surface area contributed by atoms with Gasteiger partial charge in [0.2, 0.25) is 0 Å². The van der Waals surface area contributed by atoms with E-state index in [9.17, 15) is 4.79 Å². The van der Waals surface area contributed by atoms with Crippen LogP contribution >= 0.6 is 0 Å². The van der Waals surface area contributed by atoms with Crippen molar-refractivity contribution in [2.24, 2.45) is 0 Å². The molecule has 1 aliphatic rings. The predicted octanol–water partition coefficient (Wildman–Crippen LogP) is 4.03. The standard InChI is InChI=1S/C20H23NO3/c1-13-8-9-16(10-14(13)2)21-18(22)12-23-17-7-5-6-15-11-20(3,4)24-19(15)17/h5-10H,11-12H2,1-4H3,(H,21,22). The molecule has 2 aromatic rings. The van der Waals surface area contributed by atoms with Gasteiger partial charge < -0.3 is 14.8 Å². The Morgan fingerprint density at radius 2 is 2.00 bits per heavy atom. The number of amides is 1. The number of ether oxygens (including phenoxy) is 2. The van der Waals surface area contributed by atoms with E-state index in [1.165, 1.54) is 5.56 Å². The van der Waals surface area contributed by atoms with Gasteiger partial charge in [0.25, 0.3) is 5.91 Å². The molecular weight excluding hydrogens is 302 g/mol. The SMILES string of the molecule is Cc1ccc(NC(=O)COc2cccc3c2OC(C)(C)C3)cc1C. The average Bonchev–Trinajstić information content (AvgIpc) is 2.83. The van der Waals surface area contributed by atoms with Crippen LogP contribution in [0.5, 0.6) is 11.5 Å². The number of para-hydroxylation sites is 1. The van der Waals surface area contributed by atoms with E-state index in [1.807, 2.05) is 64.1 Å². The molecule has 0 fully saturated rings. The average molecular weight is 325 g/mol. The molecule has 4 nitrogen and oxygen atoms in total. The van der Waals surface area contributed by atoms with Crippen LogP contribution in [0, 0.1) is 13.8 Å². The predicted molar refractivity (Wildman–Crippen MR) is 94.9 cm³/mol. The van der Waals surface area contributed by atoms with Gasteiger partial charge in [0.1, 0.15) is 5.60 Å². The third kappa shape index (κ3) is 3.53. The van der Waals surface area contributed by atoms with Crippen molar-refractivity contribution in [3.05, 3.63) is 53.1 Å². The lowest BCUT2D eigenvalue weighted by Crippen LogP contribution is -2.25. The van der Waals surface area contributed by atoms with E-state index in [2.05, 4.69) is 5.32 Å². The monoisotopic (exact) mass is 325 g/mol. The van der Waals surface area contributed by atoms with Crippen LogP contribution in [-0.4, -0.2) is 18.1 Å². The fraction of sp³-hybridized carbons (Fsp3) is 0.350. The van der Waals surface area contributed by atoms with E-state index >= 15 is 0 Å². The van der Waals surface area contributed by atoms with Crippen LogP contribution < -0.4 is 14.8 Å². The van der Waals surface area contributed by atoms with Crippen molar-refractivity contribution in [3.63, 3.8) is 0 Å². The summed E-state index contributed by atoms with van der Waals surface area (Å²) >= 11 is 0. The molecule has 126 valence electrons. The Labute approximate surface area is 142 Å². The normalized spacial score (nSPS) is 14.7. The quantitative estimate of drug-likeness (QED) is 0.923. The van der Waals surface area contributed by atoms with Gasteiger partial charge in [0, 0.05) is 17.7 Å². The van der Waals surface area contributed by atoms with Crippen molar-refractivity contribution in [2.45, 2.75) is 39.7 Å². The van der Waals surface area contributed by atoms with Crippen LogP contribution in [0.2, 0.25) is 0 Å². The second-order valence-electron chi connectivity index (χ2n) is 6.92. The first-order valence-electron chi connectivity index (χ1n) is 8.15. The number of nitrogens with one attached hydrogen (secondary N) is 1. The molecule has 1 amide bonds. The second kappa shape index (κ2) is 6.19. The van der Waals surface area contributed by atoms with E-state index in [0.29, 0.717) is 5.75 Å². The van der Waals surface area contributed by atoms with Crippen LogP contribution in [0.1, 0.15) is 30.5 Å². The number of aryl methyl sites for hydroxylation is 2. The molecule has 0 radical (unpaired) electrons. The maximum Gasteiger partial charge on any atom is 0.262 e. The Kier molecular flexibility index (Phi) is 4.22. The highest BCUT2D eigenvalue weighted by Crippen LogP contribution is 2.41. The summed E-state index contributed by atoms with van der Waals surface area (Å²) in [5.41, 5.74) is 4.01. The number of hydrogen-bond donors (Lipinski definition) is 1. The smallest absolute Gasteiger partial charge is 0.262 e. The molecule has 0 saturated heterocycles. The highest BCUT2D eigenvalue weighted by Gasteiger charge is 2.32. The maximum atomic E-state index is 12.1. The molecular formula is C20H23NO3. The summed E-state index contributed by atoms with van der Waals surface area (Å²) in [6.45, 7) is 8.11. The number of anilines is 1. The molecule has 0 aliphatic carbocycles. The molecule has 4 heteroatoms. The zero-order chi connectivity index (χ0) is 17.3. The van der Waals surface area contributed by atoms with Crippen molar-refractivity contribution in [2.75, 3.05) is 11.9 Å². The Morgan fingerprint density at radius 3 is 2.75 bits per heavy atom. The van der Waals surface area contributed by atoms with Crippen LogP contribution in [0.25, 0.3) is 0 Å². The molecule has 0 saturated carbocycles. The summed E-state index contributed by atoms with van der Waals surface area (Å²) < 4.78 is 11.6. The molecule has 3 rings (SSSR count). The van der Waals surface area contributed by atoms with Crippen molar-refractivity contribution >= 4 is 11.6 Å². The number of rotatable bonds is 4. The van der Waals surface area contributed by atoms with E-state index < -0.39 is 0 Å². The van der Waals surface area contributed by atoms with Gasteiger partial charge in [-0.3, -0.25) is 4.79 Å². The summed E-state index contributed by atoms with van der Waals surface area (Å²) in [4.78, 5) is 12.1. The number of carbonyl (C=O) groups is 1. The van der Waals surface area contributed by atoms with Crippen molar-refractivity contribution < 1.29 is 14.3 Å². The lowest BCUT2D eigenvalue weighted by Gasteiger charge is -2.18. The van der Waals surface area contributed by atoms with E-state index in [0.717, 1.165) is 29.0 Å². The molecule has 1 aliphatic heterocycles. The third-order valence-corrected chi connectivity index (χ3v) is 4.20. The van der Waals surface area contributed by atoms with Gasteiger partial charge in [-0.05, 0) is 57.0 Å². The van der Waals surface area contributed by atoms with Gasteiger partial charge >= 0.3 is 0 Å². The Hall–Kier alpha value is -2.49. The van der Waals surface area contributed by atoms with Gasteiger partial charge in [-0.1, -0.05) is 18.2 Å². The molecule has 2 aromatic carbocycles. The summed E-state index contributed by atoms with van der Waals surface area (Å²) in [5, 5.41) is 2.86. The first kappa shape index (κ1) is 16.4. The zero-order valence-corrected chi connectivity index (χ0v) is 14.6. The summed E-state index contributed by atoms with van der Waals surface area (Å²) in [5.74, 6) is 1.18. The molecule has 0 bridgehead atoms. The van der Waals surface area contributed by atoms with Crippen molar-refractivity contribution in [1.29, 1.82) is 0 Å². The number of carbonyl (C=O) groups excluding carboxylic acids is 1. The molecule has 0 aromatic heterocycles.